The summed E-state index contributed by atoms with van der Waals surface area (Å²) in [4.78, 5) is 11.7. The van der Waals surface area contributed by atoms with E-state index in [1.165, 1.54) is 32.1 Å². The summed E-state index contributed by atoms with van der Waals surface area (Å²) in [5.74, 6) is 0.00159. The normalized spacial score (nSPS) is 10.3. The van der Waals surface area contributed by atoms with Crippen molar-refractivity contribution in [2.75, 3.05) is 18.4 Å². The fourth-order valence-electron chi connectivity index (χ4n) is 2.22. The number of aryl methyl sites for hydroxylation is 1. The molecular weight excluding hydrogens is 248 g/mol. The van der Waals surface area contributed by atoms with Gasteiger partial charge in [-0.25, -0.2) is 0 Å². The highest BCUT2D eigenvalue weighted by molar-refractivity contribution is 5.94. The summed E-state index contributed by atoms with van der Waals surface area (Å²) in [6.07, 6.45) is 6.44. The van der Waals surface area contributed by atoms with Gasteiger partial charge in [0.1, 0.15) is 0 Å². The van der Waals surface area contributed by atoms with Gasteiger partial charge in [-0.15, -0.1) is 0 Å². The van der Waals surface area contributed by atoms with Gasteiger partial charge < -0.3 is 10.6 Å². The van der Waals surface area contributed by atoms with Crippen LogP contribution in [0, 0.1) is 6.92 Å². The first-order valence-corrected chi connectivity index (χ1v) is 7.81. The minimum Gasteiger partial charge on any atom is -0.385 e. The van der Waals surface area contributed by atoms with E-state index in [9.17, 15) is 4.79 Å². The van der Waals surface area contributed by atoms with E-state index < -0.39 is 0 Å². The maximum absolute atomic E-state index is 11.7. The molecule has 0 radical (unpaired) electrons. The number of unbranched alkanes of at least 4 members (excludes halogenated alkanes) is 4. The largest absolute Gasteiger partial charge is 0.385 e. The van der Waals surface area contributed by atoms with Crippen molar-refractivity contribution in [3.63, 3.8) is 0 Å². The Hall–Kier alpha value is -1.51. The third kappa shape index (κ3) is 5.64. The van der Waals surface area contributed by atoms with Crippen LogP contribution in [0.5, 0.6) is 0 Å². The van der Waals surface area contributed by atoms with E-state index >= 15 is 0 Å². The van der Waals surface area contributed by atoms with Crippen LogP contribution in [0.15, 0.2) is 18.2 Å². The molecule has 0 aliphatic carbocycles. The smallest absolute Gasteiger partial charge is 0.251 e. The molecule has 0 aliphatic heterocycles. The van der Waals surface area contributed by atoms with Gasteiger partial charge in [0.2, 0.25) is 0 Å². The third-order valence-electron chi connectivity index (χ3n) is 3.42. The lowest BCUT2D eigenvalue weighted by molar-refractivity contribution is 0.0956. The second kappa shape index (κ2) is 9.40. The quantitative estimate of drug-likeness (QED) is 0.666. The fourth-order valence-corrected chi connectivity index (χ4v) is 2.22. The lowest BCUT2D eigenvalue weighted by Gasteiger charge is -2.11. The third-order valence-corrected chi connectivity index (χ3v) is 3.42. The van der Waals surface area contributed by atoms with Gasteiger partial charge in [-0.1, -0.05) is 32.6 Å². The fraction of sp³-hybridized carbons (Fsp3) is 0.588. The highest BCUT2D eigenvalue weighted by Crippen LogP contribution is 2.17. The van der Waals surface area contributed by atoms with Gasteiger partial charge in [0, 0.05) is 24.3 Å². The molecule has 2 N–H and O–H groups in total. The zero-order chi connectivity index (χ0) is 14.8. The van der Waals surface area contributed by atoms with Gasteiger partial charge in [0.05, 0.1) is 0 Å². The molecule has 0 fully saturated rings. The number of nitrogens with one attached hydrogen (secondary N) is 2. The summed E-state index contributed by atoms with van der Waals surface area (Å²) in [6, 6.07) is 5.84. The first kappa shape index (κ1) is 16.5. The van der Waals surface area contributed by atoms with Crippen molar-refractivity contribution >= 4 is 11.6 Å². The van der Waals surface area contributed by atoms with Crippen molar-refractivity contribution in [2.24, 2.45) is 0 Å². The number of benzene rings is 1. The van der Waals surface area contributed by atoms with Crippen LogP contribution in [0.1, 0.15) is 61.9 Å². The Balaban J connectivity index is 2.42. The van der Waals surface area contributed by atoms with Crippen molar-refractivity contribution < 1.29 is 4.79 Å². The number of hydrogen-bond acceptors (Lipinski definition) is 2. The molecule has 1 aromatic carbocycles. The molecular formula is C17H28N2O. The molecule has 0 spiro atoms. The van der Waals surface area contributed by atoms with Crippen molar-refractivity contribution in [1.29, 1.82) is 0 Å². The summed E-state index contributed by atoms with van der Waals surface area (Å²) in [5.41, 5.74) is 2.99. The van der Waals surface area contributed by atoms with Crippen LogP contribution in [0.2, 0.25) is 0 Å². The van der Waals surface area contributed by atoms with Crippen LogP contribution in [-0.4, -0.2) is 19.0 Å². The molecule has 0 heterocycles. The molecule has 0 saturated heterocycles. The Morgan fingerprint density at radius 1 is 1.10 bits per heavy atom. The summed E-state index contributed by atoms with van der Waals surface area (Å²) in [5, 5.41) is 6.28. The average Bonchev–Trinajstić information content (AvgIpc) is 2.44. The highest BCUT2D eigenvalue weighted by atomic mass is 16.1. The first-order valence-electron chi connectivity index (χ1n) is 7.81. The Morgan fingerprint density at radius 2 is 1.85 bits per heavy atom. The van der Waals surface area contributed by atoms with Crippen LogP contribution >= 0.6 is 0 Å². The number of hydrogen-bond donors (Lipinski definition) is 2. The van der Waals surface area contributed by atoms with E-state index in [0.717, 1.165) is 23.4 Å². The molecule has 20 heavy (non-hydrogen) atoms. The molecule has 3 heteroatoms. The molecule has 0 atom stereocenters. The van der Waals surface area contributed by atoms with Crippen molar-refractivity contribution in [1.82, 2.24) is 5.32 Å². The lowest BCUT2D eigenvalue weighted by Crippen LogP contribution is -2.22. The maximum atomic E-state index is 11.7. The second-order valence-corrected chi connectivity index (χ2v) is 5.23. The molecule has 0 unspecified atom stereocenters. The molecule has 1 rings (SSSR count). The van der Waals surface area contributed by atoms with Crippen LogP contribution in [0.4, 0.5) is 5.69 Å². The lowest BCUT2D eigenvalue weighted by atomic mass is 10.1. The standard InChI is InChI=1S/C17H28N2O/c1-4-6-7-8-9-12-19-16-11-10-15(13-14(16)3)17(20)18-5-2/h10-11,13,19H,4-9,12H2,1-3H3,(H,18,20). The number of amides is 1. The summed E-state index contributed by atoms with van der Waals surface area (Å²) in [7, 11) is 0. The van der Waals surface area contributed by atoms with E-state index in [0.29, 0.717) is 6.54 Å². The van der Waals surface area contributed by atoms with Crippen molar-refractivity contribution in [2.45, 2.75) is 52.9 Å². The molecule has 0 aliphatic rings. The number of carbonyl (C=O) groups is 1. The predicted molar refractivity (Wildman–Crippen MR) is 86.4 cm³/mol. The molecule has 1 amide bonds. The molecule has 0 saturated carbocycles. The molecule has 3 nitrogen and oxygen atoms in total. The van der Waals surface area contributed by atoms with Gasteiger partial charge >= 0.3 is 0 Å². The van der Waals surface area contributed by atoms with E-state index in [1.807, 2.05) is 32.0 Å². The highest BCUT2D eigenvalue weighted by Gasteiger charge is 2.06. The van der Waals surface area contributed by atoms with E-state index in [2.05, 4.69) is 17.6 Å². The molecule has 112 valence electrons. The Labute approximate surface area is 123 Å². The number of rotatable bonds is 9. The topological polar surface area (TPSA) is 41.1 Å². The Morgan fingerprint density at radius 3 is 2.50 bits per heavy atom. The van der Waals surface area contributed by atoms with Gasteiger partial charge in [0.25, 0.3) is 5.91 Å². The van der Waals surface area contributed by atoms with Crippen LogP contribution in [-0.2, 0) is 0 Å². The summed E-state index contributed by atoms with van der Waals surface area (Å²) < 4.78 is 0. The Bertz CT molecular complexity index is 415. The van der Waals surface area contributed by atoms with Crippen molar-refractivity contribution in [3.05, 3.63) is 29.3 Å². The molecule has 0 bridgehead atoms. The zero-order valence-corrected chi connectivity index (χ0v) is 13.1. The van der Waals surface area contributed by atoms with Crippen molar-refractivity contribution in [3.8, 4) is 0 Å². The Kier molecular flexibility index (Phi) is 7.78. The van der Waals surface area contributed by atoms with Gasteiger partial charge in [-0.05, 0) is 44.0 Å². The van der Waals surface area contributed by atoms with Gasteiger partial charge in [-0.2, -0.15) is 0 Å². The van der Waals surface area contributed by atoms with Crippen LogP contribution < -0.4 is 10.6 Å². The predicted octanol–water partition coefficient (Wildman–Crippen LogP) is 4.13. The summed E-state index contributed by atoms with van der Waals surface area (Å²) >= 11 is 0. The van der Waals surface area contributed by atoms with E-state index in [-0.39, 0.29) is 5.91 Å². The monoisotopic (exact) mass is 276 g/mol. The van der Waals surface area contributed by atoms with E-state index in [4.69, 9.17) is 0 Å². The van der Waals surface area contributed by atoms with Gasteiger partial charge in [0.15, 0.2) is 0 Å². The minimum absolute atomic E-state index is 0.00159. The summed E-state index contributed by atoms with van der Waals surface area (Å²) in [6.45, 7) is 7.87. The molecule has 0 aromatic heterocycles. The van der Waals surface area contributed by atoms with E-state index in [1.54, 1.807) is 0 Å². The van der Waals surface area contributed by atoms with Gasteiger partial charge in [-0.3, -0.25) is 4.79 Å². The molecule has 1 aromatic rings. The zero-order valence-electron chi connectivity index (χ0n) is 13.1. The SMILES string of the molecule is CCCCCCCNc1ccc(C(=O)NCC)cc1C. The maximum Gasteiger partial charge on any atom is 0.251 e. The van der Waals surface area contributed by atoms with Crippen LogP contribution in [0.3, 0.4) is 0 Å². The number of carbonyl (C=O) groups excluding carboxylic acids is 1. The minimum atomic E-state index is 0.00159. The first-order chi connectivity index (χ1) is 9.69. The second-order valence-electron chi connectivity index (χ2n) is 5.23. The average molecular weight is 276 g/mol. The number of anilines is 1. The van der Waals surface area contributed by atoms with Crippen LogP contribution in [0.25, 0.3) is 0 Å².